The van der Waals surface area contributed by atoms with Gasteiger partial charge in [0.05, 0.1) is 18.2 Å². The number of aromatic nitrogens is 2. The van der Waals surface area contributed by atoms with Crippen LogP contribution in [0, 0.1) is 0 Å². The average Bonchev–Trinajstić information content (AvgIpc) is 2.91. The van der Waals surface area contributed by atoms with Crippen LogP contribution in [0.4, 0.5) is 18.9 Å². The highest BCUT2D eigenvalue weighted by Gasteiger charge is 2.46. The second-order valence-corrected chi connectivity index (χ2v) is 3.85. The second kappa shape index (κ2) is 4.72. The number of benzene rings is 1. The van der Waals surface area contributed by atoms with E-state index in [-0.39, 0.29) is 11.4 Å². The Morgan fingerprint density at radius 3 is 2.50 bits per heavy atom. The zero-order valence-corrected chi connectivity index (χ0v) is 9.65. The molecule has 0 fully saturated rings. The monoisotopic (exact) mass is 255 g/mol. The van der Waals surface area contributed by atoms with Crippen LogP contribution in [-0.4, -0.2) is 23.1 Å². The highest BCUT2D eigenvalue weighted by atomic mass is 19.3. The third-order valence-corrected chi connectivity index (χ3v) is 2.69. The molecule has 0 saturated heterocycles. The quantitative estimate of drug-likeness (QED) is 0.851. The molecule has 0 amide bonds. The molecule has 0 aliphatic rings. The molecule has 1 aromatic carbocycles. The first kappa shape index (κ1) is 12.5. The number of alkyl halides is 3. The van der Waals surface area contributed by atoms with Gasteiger partial charge in [-0.05, 0) is 12.1 Å². The van der Waals surface area contributed by atoms with Gasteiger partial charge in [-0.15, -0.1) is 0 Å². The number of aromatic amines is 1. The molecule has 6 heteroatoms. The number of H-pyrrole nitrogens is 1. The molecular formula is C12H12F3N3. The standard InChI is InChI=1S/C12H12F3N3/c1-18(9-5-3-2-4-6-9)12(14,15)11(13)10-7-16-8-17-10/h2-8,11H,1H3,(H,16,17). The number of hydrogen-bond acceptors (Lipinski definition) is 2. The molecule has 0 bridgehead atoms. The van der Waals surface area contributed by atoms with Crippen molar-refractivity contribution < 1.29 is 13.2 Å². The molecule has 1 atom stereocenters. The molecule has 3 nitrogen and oxygen atoms in total. The van der Waals surface area contributed by atoms with Crippen LogP contribution in [0.25, 0.3) is 0 Å². The van der Waals surface area contributed by atoms with Crippen molar-refractivity contribution in [2.24, 2.45) is 0 Å². The molecule has 18 heavy (non-hydrogen) atoms. The number of imidazole rings is 1. The summed E-state index contributed by atoms with van der Waals surface area (Å²) in [5.74, 6) is 0. The average molecular weight is 255 g/mol. The third-order valence-electron chi connectivity index (χ3n) is 2.69. The van der Waals surface area contributed by atoms with Gasteiger partial charge in [-0.2, -0.15) is 8.78 Å². The Morgan fingerprint density at radius 2 is 1.94 bits per heavy atom. The minimum Gasteiger partial charge on any atom is -0.346 e. The molecule has 96 valence electrons. The Bertz CT molecular complexity index is 485. The Hall–Kier alpha value is -1.98. The summed E-state index contributed by atoms with van der Waals surface area (Å²) in [6, 6.07) is 4.27. The van der Waals surface area contributed by atoms with Crippen molar-refractivity contribution in [3.8, 4) is 0 Å². The van der Waals surface area contributed by atoms with Gasteiger partial charge in [0.1, 0.15) is 0 Å². The number of nitrogens with zero attached hydrogens (tertiary/aromatic N) is 2. The van der Waals surface area contributed by atoms with E-state index in [0.29, 0.717) is 4.90 Å². The van der Waals surface area contributed by atoms with E-state index in [9.17, 15) is 13.2 Å². The molecule has 2 rings (SSSR count). The summed E-state index contributed by atoms with van der Waals surface area (Å²) >= 11 is 0. The molecule has 1 aromatic heterocycles. The topological polar surface area (TPSA) is 31.9 Å². The fourth-order valence-electron chi connectivity index (χ4n) is 1.59. The van der Waals surface area contributed by atoms with Crippen molar-refractivity contribution in [2.75, 3.05) is 11.9 Å². The van der Waals surface area contributed by atoms with Gasteiger partial charge in [0.15, 0.2) is 0 Å². The fraction of sp³-hybridized carbons (Fsp3) is 0.250. The molecule has 1 unspecified atom stereocenters. The van der Waals surface area contributed by atoms with E-state index in [0.717, 1.165) is 13.2 Å². The molecule has 0 spiro atoms. The van der Waals surface area contributed by atoms with Crippen molar-refractivity contribution in [1.82, 2.24) is 9.97 Å². The second-order valence-electron chi connectivity index (χ2n) is 3.85. The first-order valence-electron chi connectivity index (χ1n) is 5.32. The van der Waals surface area contributed by atoms with Gasteiger partial charge in [0, 0.05) is 12.7 Å². The maximum atomic E-state index is 14.0. The zero-order chi connectivity index (χ0) is 13.2. The lowest BCUT2D eigenvalue weighted by Crippen LogP contribution is -2.42. The van der Waals surface area contributed by atoms with E-state index >= 15 is 0 Å². The number of rotatable bonds is 4. The molecule has 0 aliphatic heterocycles. The number of para-hydroxylation sites is 1. The third kappa shape index (κ3) is 2.18. The van der Waals surface area contributed by atoms with E-state index in [1.807, 2.05) is 0 Å². The van der Waals surface area contributed by atoms with Crippen molar-refractivity contribution in [3.63, 3.8) is 0 Å². The number of anilines is 1. The molecule has 0 aliphatic carbocycles. The smallest absolute Gasteiger partial charge is 0.346 e. The van der Waals surface area contributed by atoms with E-state index < -0.39 is 12.2 Å². The summed E-state index contributed by atoms with van der Waals surface area (Å²) in [6.07, 6.45) is -0.247. The van der Waals surface area contributed by atoms with Gasteiger partial charge in [0.2, 0.25) is 6.17 Å². The number of halogens is 3. The van der Waals surface area contributed by atoms with Crippen LogP contribution in [0.5, 0.6) is 0 Å². The maximum absolute atomic E-state index is 14.0. The predicted octanol–water partition coefficient (Wildman–Crippen LogP) is 3.15. The lowest BCUT2D eigenvalue weighted by atomic mass is 10.2. The Kier molecular flexibility index (Phi) is 3.27. The van der Waals surface area contributed by atoms with Crippen molar-refractivity contribution >= 4 is 5.69 Å². The van der Waals surface area contributed by atoms with E-state index in [2.05, 4.69) is 9.97 Å². The Balaban J connectivity index is 2.25. The number of hydrogen-bond donors (Lipinski definition) is 1. The number of nitrogens with one attached hydrogen (secondary N) is 1. The van der Waals surface area contributed by atoms with Gasteiger partial charge in [-0.25, -0.2) is 9.37 Å². The SMILES string of the molecule is CN(c1ccccc1)C(F)(F)C(F)c1cnc[nH]1. The number of likely N-dealkylation sites (N-methyl/N-ethyl adjacent to an activating group) is 1. The highest BCUT2D eigenvalue weighted by molar-refractivity contribution is 5.47. The Labute approximate surface area is 102 Å². The molecular weight excluding hydrogens is 243 g/mol. The largest absolute Gasteiger partial charge is 0.362 e. The summed E-state index contributed by atoms with van der Waals surface area (Å²) in [7, 11) is 1.15. The summed E-state index contributed by atoms with van der Waals surface area (Å²) in [4.78, 5) is 6.51. The van der Waals surface area contributed by atoms with Crippen molar-refractivity contribution in [1.29, 1.82) is 0 Å². The van der Waals surface area contributed by atoms with Crippen LogP contribution in [0.1, 0.15) is 11.9 Å². The van der Waals surface area contributed by atoms with Crippen LogP contribution >= 0.6 is 0 Å². The molecule has 1 N–H and O–H groups in total. The van der Waals surface area contributed by atoms with Crippen LogP contribution in [0.2, 0.25) is 0 Å². The van der Waals surface area contributed by atoms with Crippen LogP contribution in [0.3, 0.4) is 0 Å². The Morgan fingerprint density at radius 1 is 1.28 bits per heavy atom. The van der Waals surface area contributed by atoms with Gasteiger partial charge in [0.25, 0.3) is 0 Å². The first-order chi connectivity index (χ1) is 8.53. The van der Waals surface area contributed by atoms with E-state index in [4.69, 9.17) is 0 Å². The van der Waals surface area contributed by atoms with E-state index in [1.165, 1.54) is 18.5 Å². The van der Waals surface area contributed by atoms with Gasteiger partial charge in [-0.3, -0.25) is 0 Å². The van der Waals surface area contributed by atoms with Crippen LogP contribution in [0.15, 0.2) is 42.9 Å². The molecule has 0 saturated carbocycles. The van der Waals surface area contributed by atoms with Crippen molar-refractivity contribution in [3.05, 3.63) is 48.5 Å². The van der Waals surface area contributed by atoms with Gasteiger partial charge in [-0.1, -0.05) is 18.2 Å². The summed E-state index contributed by atoms with van der Waals surface area (Å²) in [5.41, 5.74) is -0.00699. The fourth-order valence-corrected chi connectivity index (χ4v) is 1.59. The van der Waals surface area contributed by atoms with Crippen LogP contribution < -0.4 is 4.90 Å². The molecule has 0 radical (unpaired) electrons. The highest BCUT2D eigenvalue weighted by Crippen LogP contribution is 2.38. The first-order valence-corrected chi connectivity index (χ1v) is 5.32. The lowest BCUT2D eigenvalue weighted by molar-refractivity contribution is -0.0732. The lowest BCUT2D eigenvalue weighted by Gasteiger charge is -2.31. The van der Waals surface area contributed by atoms with E-state index in [1.54, 1.807) is 18.2 Å². The minimum absolute atomic E-state index is 0.240. The summed E-state index contributed by atoms with van der Waals surface area (Å²) < 4.78 is 41.7. The van der Waals surface area contributed by atoms with Crippen molar-refractivity contribution in [2.45, 2.75) is 12.2 Å². The maximum Gasteiger partial charge on any atom is 0.362 e. The molecule has 2 aromatic rings. The van der Waals surface area contributed by atoms with Gasteiger partial charge < -0.3 is 9.88 Å². The van der Waals surface area contributed by atoms with Crippen LogP contribution in [-0.2, 0) is 0 Å². The molecule has 1 heterocycles. The zero-order valence-electron chi connectivity index (χ0n) is 9.65. The summed E-state index contributed by atoms with van der Waals surface area (Å²) in [5, 5.41) is 0. The predicted molar refractivity (Wildman–Crippen MR) is 62.2 cm³/mol. The normalized spacial score (nSPS) is 13.3. The summed E-state index contributed by atoms with van der Waals surface area (Å²) in [6.45, 7) is 0. The minimum atomic E-state index is -3.66. The van der Waals surface area contributed by atoms with Gasteiger partial charge >= 0.3 is 6.05 Å².